The molecule has 1 aliphatic carbocycles. The number of hydrogen-bond donors (Lipinski definition) is 1. The summed E-state index contributed by atoms with van der Waals surface area (Å²) in [5, 5.41) is 15.3. The summed E-state index contributed by atoms with van der Waals surface area (Å²) < 4.78 is 10.9. The van der Waals surface area contributed by atoms with Crippen LogP contribution in [0.25, 0.3) is 6.08 Å². The third-order valence-corrected chi connectivity index (χ3v) is 8.22. The number of ether oxygens (including phenoxy) is 2. The summed E-state index contributed by atoms with van der Waals surface area (Å²) in [4.78, 5) is 41.4. The normalized spacial score (nSPS) is 17.6. The molecular weight excluding hydrogens is 570 g/mol. The lowest BCUT2D eigenvalue weighted by molar-refractivity contribution is -0.384. The van der Waals surface area contributed by atoms with Crippen molar-refractivity contribution in [2.45, 2.75) is 24.8 Å². The van der Waals surface area contributed by atoms with Crippen LogP contribution in [0, 0.1) is 10.1 Å². The van der Waals surface area contributed by atoms with E-state index >= 15 is 0 Å². The number of nitro benzene ring substituents is 1. The van der Waals surface area contributed by atoms with E-state index < -0.39 is 11.0 Å². The Bertz CT molecular complexity index is 1850. The maximum atomic E-state index is 14.3. The second kappa shape index (κ2) is 12.5. The van der Waals surface area contributed by atoms with E-state index in [0.717, 1.165) is 11.1 Å². The Labute approximate surface area is 260 Å². The molecule has 1 aliphatic heterocycles. The molecule has 0 saturated carbocycles. The number of methoxy groups -OCH3 is 2. The van der Waals surface area contributed by atoms with Crippen LogP contribution in [0.4, 0.5) is 17.1 Å². The quantitative estimate of drug-likeness (QED) is 0.135. The lowest BCUT2D eigenvalue weighted by Crippen LogP contribution is -2.37. The average molecular weight is 602 g/mol. The number of nitro groups is 1. The topological polar surface area (TPSA) is 111 Å². The molecule has 2 aliphatic rings. The lowest BCUT2D eigenvalue weighted by Gasteiger charge is -2.34. The van der Waals surface area contributed by atoms with Crippen molar-refractivity contribution >= 4 is 34.8 Å². The first-order valence-electron chi connectivity index (χ1n) is 14.5. The number of amides is 1. The molecule has 226 valence electrons. The highest BCUT2D eigenvalue weighted by Gasteiger charge is 2.41. The summed E-state index contributed by atoms with van der Waals surface area (Å²) in [6.07, 6.45) is 3.85. The van der Waals surface area contributed by atoms with Gasteiger partial charge in [-0.15, -0.1) is 0 Å². The number of carbonyl (C=O) groups is 2. The molecule has 0 saturated heterocycles. The molecule has 0 bridgehead atoms. The SMILES string of the molecule is COc1ccc([C@@H]2CC(=O)C3=C(C2)Nc2ccccc2N(C(=O)/C=C/c2ccccc2)[C@H]3c2cccc([N+](=O)[O-])c2)cc1OC. The zero-order valence-electron chi connectivity index (χ0n) is 24.8. The third-order valence-electron chi connectivity index (χ3n) is 8.22. The Hall–Kier alpha value is -5.70. The van der Waals surface area contributed by atoms with Gasteiger partial charge in [-0.05, 0) is 59.4 Å². The van der Waals surface area contributed by atoms with Crippen LogP contribution in [0.5, 0.6) is 11.5 Å². The predicted molar refractivity (Wildman–Crippen MR) is 172 cm³/mol. The largest absolute Gasteiger partial charge is 0.493 e. The van der Waals surface area contributed by atoms with Gasteiger partial charge < -0.3 is 14.8 Å². The number of non-ortho nitro benzene ring substituents is 1. The molecule has 0 radical (unpaired) electrons. The maximum absolute atomic E-state index is 14.3. The minimum atomic E-state index is -0.914. The van der Waals surface area contributed by atoms with Crippen LogP contribution in [0.1, 0.15) is 41.5 Å². The van der Waals surface area contributed by atoms with E-state index in [0.29, 0.717) is 46.1 Å². The molecule has 2 atom stereocenters. The van der Waals surface area contributed by atoms with Crippen molar-refractivity contribution in [3.05, 3.63) is 141 Å². The van der Waals surface area contributed by atoms with Crippen LogP contribution in [-0.2, 0) is 9.59 Å². The molecular formula is C36H31N3O6. The van der Waals surface area contributed by atoms with E-state index in [2.05, 4.69) is 5.32 Å². The average Bonchev–Trinajstić information content (AvgIpc) is 3.22. The number of Topliss-reactive ketones (excluding diaryl/α,β-unsaturated/α-hetero) is 1. The molecule has 1 heterocycles. The number of benzene rings is 4. The molecule has 0 fully saturated rings. The maximum Gasteiger partial charge on any atom is 0.269 e. The number of para-hydroxylation sites is 2. The van der Waals surface area contributed by atoms with Crippen molar-refractivity contribution < 1.29 is 24.0 Å². The molecule has 1 N–H and O–H groups in total. The van der Waals surface area contributed by atoms with Crippen LogP contribution in [0.3, 0.4) is 0 Å². The highest BCUT2D eigenvalue weighted by Crippen LogP contribution is 2.48. The van der Waals surface area contributed by atoms with Gasteiger partial charge in [0, 0.05) is 35.9 Å². The van der Waals surface area contributed by atoms with E-state index in [-0.39, 0.29) is 29.7 Å². The molecule has 4 aromatic rings. The monoisotopic (exact) mass is 601 g/mol. The van der Waals surface area contributed by atoms with Crippen molar-refractivity contribution in [2.75, 3.05) is 24.4 Å². The number of nitrogens with zero attached hydrogens (tertiary/aromatic N) is 2. The molecule has 0 spiro atoms. The fourth-order valence-electron chi connectivity index (χ4n) is 6.11. The Morgan fingerprint density at radius 2 is 1.64 bits per heavy atom. The second-order valence-corrected chi connectivity index (χ2v) is 10.9. The minimum Gasteiger partial charge on any atom is -0.493 e. The molecule has 1 amide bonds. The Morgan fingerprint density at radius 3 is 2.40 bits per heavy atom. The number of hydrogen-bond acceptors (Lipinski definition) is 7. The number of carbonyl (C=O) groups excluding carboxylic acids is 2. The van der Waals surface area contributed by atoms with E-state index in [4.69, 9.17) is 9.47 Å². The standard InChI is InChI=1S/C36H31N3O6/c1-44-32-17-16-24(22-33(32)45-2)26-20-29-35(31(40)21-26)36(25-11-8-12-27(19-25)39(42)43)38(30-14-7-6-13-28(30)37-29)34(41)18-15-23-9-4-3-5-10-23/h3-19,22,26,36-37H,20-21H2,1-2H3/b18-15+/t26-,36-/m0/s1. The molecule has 45 heavy (non-hydrogen) atoms. The first kappa shape index (κ1) is 29.4. The highest BCUT2D eigenvalue weighted by atomic mass is 16.6. The Balaban J connectivity index is 1.51. The van der Waals surface area contributed by atoms with Gasteiger partial charge in [-0.2, -0.15) is 0 Å². The third kappa shape index (κ3) is 5.80. The van der Waals surface area contributed by atoms with Gasteiger partial charge in [0.1, 0.15) is 0 Å². The Kier molecular flexibility index (Phi) is 8.16. The molecule has 9 heteroatoms. The zero-order valence-corrected chi connectivity index (χ0v) is 24.8. The van der Waals surface area contributed by atoms with Crippen LogP contribution >= 0.6 is 0 Å². The fourth-order valence-corrected chi connectivity index (χ4v) is 6.11. The van der Waals surface area contributed by atoms with E-state index in [1.165, 1.54) is 18.2 Å². The lowest BCUT2D eigenvalue weighted by atomic mass is 9.78. The van der Waals surface area contributed by atoms with Gasteiger partial charge in [0.2, 0.25) is 0 Å². The van der Waals surface area contributed by atoms with Crippen molar-refractivity contribution in [3.63, 3.8) is 0 Å². The van der Waals surface area contributed by atoms with Crippen molar-refractivity contribution in [1.29, 1.82) is 0 Å². The number of ketones is 1. The van der Waals surface area contributed by atoms with Gasteiger partial charge >= 0.3 is 0 Å². The first-order valence-corrected chi connectivity index (χ1v) is 14.5. The minimum absolute atomic E-state index is 0.126. The Morgan fingerprint density at radius 1 is 0.889 bits per heavy atom. The van der Waals surface area contributed by atoms with E-state index in [9.17, 15) is 19.7 Å². The zero-order chi connectivity index (χ0) is 31.5. The number of allylic oxidation sites excluding steroid dienone is 1. The molecule has 9 nitrogen and oxygen atoms in total. The summed E-state index contributed by atoms with van der Waals surface area (Å²) >= 11 is 0. The van der Waals surface area contributed by atoms with Crippen molar-refractivity contribution in [1.82, 2.24) is 0 Å². The smallest absolute Gasteiger partial charge is 0.269 e. The van der Waals surface area contributed by atoms with Gasteiger partial charge in [-0.3, -0.25) is 24.6 Å². The summed E-state index contributed by atoms with van der Waals surface area (Å²) in [5.41, 5.74) is 4.38. The number of rotatable bonds is 7. The van der Waals surface area contributed by atoms with E-state index in [1.54, 1.807) is 37.3 Å². The van der Waals surface area contributed by atoms with Gasteiger partial charge in [0.15, 0.2) is 17.3 Å². The summed E-state index contributed by atoms with van der Waals surface area (Å²) in [6, 6.07) is 27.7. The first-order chi connectivity index (χ1) is 21.9. The van der Waals surface area contributed by atoms with Crippen LogP contribution < -0.4 is 19.7 Å². The summed E-state index contributed by atoms with van der Waals surface area (Å²) in [6.45, 7) is 0. The number of nitrogens with one attached hydrogen (secondary N) is 1. The molecule has 4 aromatic carbocycles. The molecule has 0 aromatic heterocycles. The van der Waals surface area contributed by atoms with Gasteiger partial charge in [-0.25, -0.2) is 0 Å². The fraction of sp³-hybridized carbons (Fsp3) is 0.167. The molecule has 0 unspecified atom stereocenters. The second-order valence-electron chi connectivity index (χ2n) is 10.9. The van der Waals surface area contributed by atoms with Crippen LogP contribution in [0.2, 0.25) is 0 Å². The summed E-state index contributed by atoms with van der Waals surface area (Å²) in [5.74, 6) is 0.457. The van der Waals surface area contributed by atoms with Crippen molar-refractivity contribution in [2.24, 2.45) is 0 Å². The summed E-state index contributed by atoms with van der Waals surface area (Å²) in [7, 11) is 3.14. The van der Waals surface area contributed by atoms with Crippen molar-refractivity contribution in [3.8, 4) is 11.5 Å². The van der Waals surface area contributed by atoms with Gasteiger partial charge in [0.25, 0.3) is 11.6 Å². The predicted octanol–water partition coefficient (Wildman–Crippen LogP) is 7.23. The van der Waals surface area contributed by atoms with Gasteiger partial charge in [0.05, 0.1) is 36.6 Å². The number of anilines is 2. The molecule has 6 rings (SSSR count). The number of fused-ring (bicyclic) bond motifs is 1. The van der Waals surface area contributed by atoms with Crippen LogP contribution in [0.15, 0.2) is 114 Å². The van der Waals surface area contributed by atoms with E-state index in [1.807, 2.05) is 72.8 Å². The van der Waals surface area contributed by atoms with Gasteiger partial charge in [-0.1, -0.05) is 60.7 Å². The van der Waals surface area contributed by atoms with Crippen LogP contribution in [-0.4, -0.2) is 30.8 Å². The highest BCUT2D eigenvalue weighted by molar-refractivity contribution is 6.10.